The van der Waals surface area contributed by atoms with E-state index in [4.69, 9.17) is 5.73 Å². The molecule has 1 unspecified atom stereocenters. The molecule has 5 N–H and O–H groups in total. The van der Waals surface area contributed by atoms with E-state index in [-0.39, 0.29) is 29.5 Å². The number of anilines is 1. The number of aromatic nitrogens is 3. The summed E-state index contributed by atoms with van der Waals surface area (Å²) < 4.78 is 1.57. The average Bonchev–Trinajstić information content (AvgIpc) is 2.87. The number of hydrogen-bond donors (Lipinski definition) is 3. The lowest BCUT2D eigenvalue weighted by Gasteiger charge is -2.21. The SMILES string of the molecule is CC(=O)NCC#Cc1cccc2cc(C(C)NC(=O)c3ncc[nH+]c3N)n(-c3ccccc3)c(=O)c12. The number of nitrogens with one attached hydrogen (secondary N) is 3. The number of benzene rings is 2. The minimum atomic E-state index is -0.564. The van der Waals surface area contributed by atoms with E-state index in [1.54, 1.807) is 17.6 Å². The molecule has 9 nitrogen and oxygen atoms in total. The molecule has 0 radical (unpaired) electrons. The highest BCUT2D eigenvalue weighted by Gasteiger charge is 2.22. The summed E-state index contributed by atoms with van der Waals surface area (Å²) in [6.45, 7) is 3.38. The Labute approximate surface area is 207 Å². The number of carbonyl (C=O) groups excluding carboxylic acids is 2. The molecule has 0 aliphatic heterocycles. The smallest absolute Gasteiger partial charge is 0.302 e. The maximum Gasteiger partial charge on any atom is 0.302 e. The zero-order valence-corrected chi connectivity index (χ0v) is 19.8. The standard InChI is InChI=1S/C27H24N6O3/c1-17(32-26(35)24-25(28)31-15-14-30-24)22-16-20-9-6-8-19(10-7-13-29-18(2)34)23(20)27(36)33(22)21-11-4-3-5-12-21/h3-6,8-9,11-12,14-17H,13H2,1-2H3,(H2,28,31)(H,29,34)(H,32,35)/p+1. The number of amides is 2. The maximum absolute atomic E-state index is 13.9. The van der Waals surface area contributed by atoms with Crippen molar-refractivity contribution >= 4 is 28.4 Å². The first-order valence-electron chi connectivity index (χ1n) is 11.3. The molecule has 0 saturated heterocycles. The monoisotopic (exact) mass is 481 g/mol. The number of carbonyl (C=O) groups is 2. The first-order chi connectivity index (χ1) is 17.4. The number of pyridine rings is 1. The number of nitrogens with two attached hydrogens (primary N) is 1. The molecule has 2 amide bonds. The van der Waals surface area contributed by atoms with Crippen LogP contribution < -0.4 is 26.9 Å². The van der Waals surface area contributed by atoms with Crippen molar-refractivity contribution in [1.82, 2.24) is 20.2 Å². The third-order valence-electron chi connectivity index (χ3n) is 5.52. The van der Waals surface area contributed by atoms with Crippen LogP contribution in [0, 0.1) is 11.8 Å². The first kappa shape index (κ1) is 24.2. The lowest BCUT2D eigenvalue weighted by molar-refractivity contribution is -0.361. The summed E-state index contributed by atoms with van der Waals surface area (Å²) in [5.41, 5.74) is 7.43. The largest absolute Gasteiger partial charge is 0.345 e. The number of H-pyrrole nitrogens is 1. The third-order valence-corrected chi connectivity index (χ3v) is 5.52. The van der Waals surface area contributed by atoms with Gasteiger partial charge >= 0.3 is 5.82 Å². The summed E-state index contributed by atoms with van der Waals surface area (Å²) in [6.07, 6.45) is 2.98. The minimum absolute atomic E-state index is 0.0653. The second kappa shape index (κ2) is 10.5. The van der Waals surface area contributed by atoms with Crippen molar-refractivity contribution in [3.63, 3.8) is 0 Å². The van der Waals surface area contributed by atoms with Gasteiger partial charge in [0.25, 0.3) is 11.5 Å². The zero-order valence-electron chi connectivity index (χ0n) is 19.8. The molecule has 36 heavy (non-hydrogen) atoms. The summed E-state index contributed by atoms with van der Waals surface area (Å²) in [5.74, 6) is 5.38. The maximum atomic E-state index is 13.9. The third kappa shape index (κ3) is 5.08. The number of aromatic amines is 1. The molecule has 0 aliphatic rings. The summed E-state index contributed by atoms with van der Waals surface area (Å²) in [7, 11) is 0. The molecule has 0 bridgehead atoms. The van der Waals surface area contributed by atoms with Gasteiger partial charge in [-0.25, -0.2) is 9.97 Å². The summed E-state index contributed by atoms with van der Waals surface area (Å²) in [6, 6.07) is 15.9. The molecule has 2 heterocycles. The van der Waals surface area contributed by atoms with Gasteiger partial charge in [-0.05, 0) is 36.6 Å². The summed E-state index contributed by atoms with van der Waals surface area (Å²) >= 11 is 0. The van der Waals surface area contributed by atoms with Crippen LogP contribution in [-0.4, -0.2) is 27.9 Å². The van der Waals surface area contributed by atoms with E-state index in [1.165, 1.54) is 19.3 Å². The number of nitrogen functional groups attached to an aromatic ring is 1. The Morgan fingerprint density at radius 3 is 2.67 bits per heavy atom. The highest BCUT2D eigenvalue weighted by molar-refractivity contribution is 5.96. The molecule has 2 aromatic heterocycles. The second-order valence-corrected chi connectivity index (χ2v) is 8.07. The van der Waals surface area contributed by atoms with Gasteiger partial charge in [0.2, 0.25) is 11.6 Å². The van der Waals surface area contributed by atoms with Gasteiger partial charge in [0.1, 0.15) is 6.20 Å². The van der Waals surface area contributed by atoms with E-state index in [0.717, 1.165) is 0 Å². The van der Waals surface area contributed by atoms with Crippen LogP contribution in [-0.2, 0) is 4.79 Å². The molecule has 0 saturated carbocycles. The lowest BCUT2D eigenvalue weighted by atomic mass is 10.0. The Kier molecular flexibility index (Phi) is 7.07. The number of fused-ring (bicyclic) bond motifs is 1. The van der Waals surface area contributed by atoms with Gasteiger partial charge in [-0.1, -0.05) is 42.2 Å². The van der Waals surface area contributed by atoms with Crippen LogP contribution in [0.25, 0.3) is 16.5 Å². The Hall–Kier alpha value is -4.97. The van der Waals surface area contributed by atoms with Crippen LogP contribution in [0.15, 0.2) is 71.8 Å². The highest BCUT2D eigenvalue weighted by atomic mass is 16.2. The Bertz CT molecular complexity index is 1570. The predicted octanol–water partition coefficient (Wildman–Crippen LogP) is 1.76. The quantitative estimate of drug-likeness (QED) is 0.374. The van der Waals surface area contributed by atoms with Crippen LogP contribution in [0.4, 0.5) is 5.82 Å². The molecule has 0 fully saturated rings. The minimum Gasteiger partial charge on any atom is -0.345 e. The van der Waals surface area contributed by atoms with Crippen molar-refractivity contribution < 1.29 is 14.6 Å². The van der Waals surface area contributed by atoms with Gasteiger partial charge < -0.3 is 10.6 Å². The van der Waals surface area contributed by atoms with E-state index < -0.39 is 11.9 Å². The van der Waals surface area contributed by atoms with Crippen molar-refractivity contribution in [3.05, 3.63) is 94.3 Å². The average molecular weight is 482 g/mol. The Balaban J connectivity index is 1.84. The van der Waals surface area contributed by atoms with Gasteiger partial charge in [-0.15, -0.1) is 0 Å². The van der Waals surface area contributed by atoms with Gasteiger partial charge in [0, 0.05) is 23.9 Å². The van der Waals surface area contributed by atoms with E-state index in [9.17, 15) is 14.4 Å². The molecule has 4 rings (SSSR count). The molecule has 4 aromatic rings. The number of nitrogens with zero attached hydrogens (tertiary/aromatic N) is 2. The highest BCUT2D eigenvalue weighted by Crippen LogP contribution is 2.23. The van der Waals surface area contributed by atoms with Crippen molar-refractivity contribution in [2.45, 2.75) is 19.9 Å². The van der Waals surface area contributed by atoms with Gasteiger partial charge in [-0.3, -0.25) is 24.7 Å². The molecule has 0 spiro atoms. The van der Waals surface area contributed by atoms with E-state index >= 15 is 0 Å². The molecule has 0 aliphatic carbocycles. The van der Waals surface area contributed by atoms with Crippen LogP contribution in [0.3, 0.4) is 0 Å². The molecular formula is C27H25N6O3+. The number of para-hydroxylation sites is 1. The van der Waals surface area contributed by atoms with Crippen molar-refractivity contribution in [1.29, 1.82) is 0 Å². The fraction of sp³-hybridized carbons (Fsp3) is 0.148. The fourth-order valence-electron chi connectivity index (χ4n) is 3.85. The van der Waals surface area contributed by atoms with Crippen LogP contribution >= 0.6 is 0 Å². The van der Waals surface area contributed by atoms with Crippen molar-refractivity contribution in [3.8, 4) is 17.5 Å². The van der Waals surface area contributed by atoms with Gasteiger partial charge in [0.05, 0.1) is 24.2 Å². The summed E-state index contributed by atoms with van der Waals surface area (Å²) in [5, 5.41) is 6.64. The van der Waals surface area contributed by atoms with Gasteiger partial charge in [0.15, 0.2) is 0 Å². The van der Waals surface area contributed by atoms with Crippen molar-refractivity contribution in [2.75, 3.05) is 12.3 Å². The molecule has 2 aromatic carbocycles. The molecule has 180 valence electrons. The van der Waals surface area contributed by atoms with E-state index in [2.05, 4.69) is 32.4 Å². The topological polar surface area (TPSA) is 133 Å². The Morgan fingerprint density at radius 2 is 1.94 bits per heavy atom. The predicted molar refractivity (Wildman–Crippen MR) is 136 cm³/mol. The number of hydrogen-bond acceptors (Lipinski definition) is 5. The summed E-state index contributed by atoms with van der Waals surface area (Å²) in [4.78, 5) is 44.7. The van der Waals surface area contributed by atoms with Crippen LogP contribution in [0.1, 0.15) is 41.6 Å². The normalized spacial score (nSPS) is 11.3. The van der Waals surface area contributed by atoms with E-state index in [0.29, 0.717) is 27.7 Å². The zero-order chi connectivity index (χ0) is 25.7. The Morgan fingerprint density at radius 1 is 1.17 bits per heavy atom. The fourth-order valence-corrected chi connectivity index (χ4v) is 3.85. The molecular weight excluding hydrogens is 456 g/mol. The van der Waals surface area contributed by atoms with Crippen LogP contribution in [0.2, 0.25) is 0 Å². The lowest BCUT2D eigenvalue weighted by Crippen LogP contribution is -2.34. The van der Waals surface area contributed by atoms with Crippen molar-refractivity contribution in [2.24, 2.45) is 0 Å². The van der Waals surface area contributed by atoms with E-state index in [1.807, 2.05) is 48.5 Å². The van der Waals surface area contributed by atoms with Crippen LogP contribution in [0.5, 0.6) is 0 Å². The molecule has 9 heteroatoms. The first-order valence-corrected chi connectivity index (χ1v) is 11.3. The van der Waals surface area contributed by atoms with Gasteiger partial charge in [-0.2, -0.15) is 0 Å². The molecule has 1 atom stereocenters. The number of rotatable bonds is 5. The second-order valence-electron chi connectivity index (χ2n) is 8.07.